The molecule has 1 unspecified atom stereocenters. The van der Waals surface area contributed by atoms with Crippen molar-refractivity contribution in [2.24, 2.45) is 4.99 Å². The van der Waals surface area contributed by atoms with E-state index in [9.17, 15) is 5.11 Å². The first-order valence-corrected chi connectivity index (χ1v) is 9.46. The van der Waals surface area contributed by atoms with E-state index < -0.39 is 6.10 Å². The van der Waals surface area contributed by atoms with Crippen LogP contribution in [0.3, 0.4) is 0 Å². The van der Waals surface area contributed by atoms with E-state index in [4.69, 9.17) is 0 Å². The van der Waals surface area contributed by atoms with Crippen molar-refractivity contribution in [2.45, 2.75) is 59.2 Å². The van der Waals surface area contributed by atoms with Crippen LogP contribution in [0.4, 0.5) is 0 Å². The lowest BCUT2D eigenvalue weighted by molar-refractivity contribution is 0.170. The zero-order valence-electron chi connectivity index (χ0n) is 16.9. The Morgan fingerprint density at radius 2 is 1.69 bits per heavy atom. The minimum Gasteiger partial charge on any atom is -0.388 e. The molecule has 1 atom stereocenters. The molecule has 0 radical (unpaired) electrons. The third-order valence-corrected chi connectivity index (χ3v) is 4.19. The molecule has 26 heavy (non-hydrogen) atoms. The van der Waals surface area contributed by atoms with Gasteiger partial charge in [0.05, 0.1) is 6.10 Å². The van der Waals surface area contributed by atoms with Crippen LogP contribution in [0.5, 0.6) is 0 Å². The zero-order valence-corrected chi connectivity index (χ0v) is 19.2. The standard InChI is InChI=1S/C20H36N4O.HI/c1-6-21-20(23-14-15-24(16(2)3)17(4)5)22-13-12-19(25)18-10-8-7-9-11-18;/h7-11,16-17,19,25H,6,12-15H2,1-5H3,(H2,21,22,23);1H. The molecular formula is C20H37IN4O. The van der Waals surface area contributed by atoms with Crippen LogP contribution >= 0.6 is 24.0 Å². The molecule has 5 nitrogen and oxygen atoms in total. The van der Waals surface area contributed by atoms with Crippen LogP contribution < -0.4 is 10.6 Å². The Kier molecular flexibility index (Phi) is 13.8. The highest BCUT2D eigenvalue weighted by Crippen LogP contribution is 2.15. The van der Waals surface area contributed by atoms with Crippen LogP contribution in [0.2, 0.25) is 0 Å². The number of halogens is 1. The summed E-state index contributed by atoms with van der Waals surface area (Å²) in [6.07, 6.45) is 0.148. The van der Waals surface area contributed by atoms with Crippen LogP contribution in [0, 0.1) is 0 Å². The van der Waals surface area contributed by atoms with Gasteiger partial charge in [0.1, 0.15) is 0 Å². The Bertz CT molecular complexity index is 486. The molecule has 0 bridgehead atoms. The number of rotatable bonds is 10. The minimum absolute atomic E-state index is 0. The third kappa shape index (κ3) is 9.73. The Hall–Kier alpha value is -0.860. The number of aliphatic hydroxyl groups excluding tert-OH is 1. The molecule has 1 aromatic carbocycles. The van der Waals surface area contributed by atoms with Crippen molar-refractivity contribution in [3.8, 4) is 0 Å². The quantitative estimate of drug-likeness (QED) is 0.275. The summed E-state index contributed by atoms with van der Waals surface area (Å²) in [5.74, 6) is 0.815. The number of guanidine groups is 1. The van der Waals surface area contributed by atoms with Crippen LogP contribution in [0.1, 0.15) is 52.7 Å². The number of nitrogens with zero attached hydrogens (tertiary/aromatic N) is 2. The summed E-state index contributed by atoms with van der Waals surface area (Å²) in [4.78, 5) is 7.04. The van der Waals surface area contributed by atoms with Gasteiger partial charge in [-0.25, -0.2) is 0 Å². The smallest absolute Gasteiger partial charge is 0.191 e. The summed E-state index contributed by atoms with van der Waals surface area (Å²) in [5, 5.41) is 16.9. The maximum atomic E-state index is 10.2. The number of aliphatic hydroxyl groups is 1. The molecule has 0 saturated heterocycles. The highest BCUT2D eigenvalue weighted by molar-refractivity contribution is 14.0. The lowest BCUT2D eigenvalue weighted by atomic mass is 10.1. The van der Waals surface area contributed by atoms with Crippen LogP contribution in [-0.4, -0.2) is 54.2 Å². The monoisotopic (exact) mass is 476 g/mol. The van der Waals surface area contributed by atoms with Crippen LogP contribution in [0.25, 0.3) is 0 Å². The first kappa shape index (κ1) is 25.1. The topological polar surface area (TPSA) is 59.9 Å². The van der Waals surface area contributed by atoms with Gasteiger partial charge < -0.3 is 15.7 Å². The second kappa shape index (κ2) is 14.2. The fourth-order valence-electron chi connectivity index (χ4n) is 2.90. The Morgan fingerprint density at radius 1 is 1.08 bits per heavy atom. The first-order chi connectivity index (χ1) is 12.0. The minimum atomic E-state index is -0.467. The second-order valence-electron chi connectivity index (χ2n) is 6.83. The number of hydrogen-bond donors (Lipinski definition) is 3. The molecule has 0 fully saturated rings. The second-order valence-corrected chi connectivity index (χ2v) is 6.83. The van der Waals surface area contributed by atoms with Gasteiger partial charge in [0.2, 0.25) is 0 Å². The molecule has 3 N–H and O–H groups in total. The summed E-state index contributed by atoms with van der Waals surface area (Å²) in [5.41, 5.74) is 0.945. The van der Waals surface area contributed by atoms with Gasteiger partial charge in [-0.3, -0.25) is 9.89 Å². The van der Waals surface area contributed by atoms with Crippen LogP contribution in [0.15, 0.2) is 35.3 Å². The summed E-state index contributed by atoms with van der Waals surface area (Å²) < 4.78 is 0. The highest BCUT2D eigenvalue weighted by Gasteiger charge is 2.12. The number of hydrogen-bond acceptors (Lipinski definition) is 3. The van der Waals surface area contributed by atoms with Gasteiger partial charge >= 0.3 is 0 Å². The van der Waals surface area contributed by atoms with Gasteiger partial charge in [-0.1, -0.05) is 30.3 Å². The molecule has 0 aliphatic carbocycles. The first-order valence-electron chi connectivity index (χ1n) is 9.46. The molecule has 0 saturated carbocycles. The molecule has 0 heterocycles. The number of nitrogens with one attached hydrogen (secondary N) is 2. The molecule has 0 spiro atoms. The van der Waals surface area contributed by atoms with Gasteiger partial charge in [-0.15, -0.1) is 24.0 Å². The third-order valence-electron chi connectivity index (χ3n) is 4.19. The predicted octanol–water partition coefficient (Wildman–Crippen LogP) is 3.40. The number of benzene rings is 1. The van der Waals surface area contributed by atoms with E-state index >= 15 is 0 Å². The van der Waals surface area contributed by atoms with E-state index in [1.165, 1.54) is 0 Å². The Balaban J connectivity index is 0.00000625. The van der Waals surface area contributed by atoms with Crippen molar-refractivity contribution < 1.29 is 5.11 Å². The summed E-state index contributed by atoms with van der Waals surface area (Å²) in [6, 6.07) is 10.8. The molecule has 0 aliphatic rings. The highest BCUT2D eigenvalue weighted by atomic mass is 127. The molecular weight excluding hydrogens is 439 g/mol. The van der Waals surface area contributed by atoms with E-state index in [1.807, 2.05) is 30.3 Å². The molecule has 6 heteroatoms. The molecule has 0 aromatic heterocycles. The zero-order chi connectivity index (χ0) is 18.7. The normalized spacial score (nSPS) is 13.0. The van der Waals surface area contributed by atoms with Crippen molar-refractivity contribution in [3.63, 3.8) is 0 Å². The Morgan fingerprint density at radius 3 is 2.23 bits per heavy atom. The van der Waals surface area contributed by atoms with E-state index in [2.05, 4.69) is 55.1 Å². The lowest BCUT2D eigenvalue weighted by Gasteiger charge is -2.30. The predicted molar refractivity (Wildman–Crippen MR) is 122 cm³/mol. The fraction of sp³-hybridized carbons (Fsp3) is 0.650. The maximum absolute atomic E-state index is 10.2. The van der Waals surface area contributed by atoms with Crippen molar-refractivity contribution in [1.82, 2.24) is 15.5 Å². The maximum Gasteiger partial charge on any atom is 0.191 e. The van der Waals surface area contributed by atoms with Gasteiger partial charge in [-0.05, 0) is 46.6 Å². The summed E-state index contributed by atoms with van der Waals surface area (Å²) in [6.45, 7) is 14.2. The van der Waals surface area contributed by atoms with Gasteiger partial charge in [0.25, 0.3) is 0 Å². The average molecular weight is 476 g/mol. The van der Waals surface area contributed by atoms with Gasteiger partial charge in [-0.2, -0.15) is 0 Å². The Labute approximate surface area is 176 Å². The van der Waals surface area contributed by atoms with E-state index in [0.717, 1.165) is 31.2 Å². The van der Waals surface area contributed by atoms with Crippen LogP contribution in [-0.2, 0) is 0 Å². The van der Waals surface area contributed by atoms with E-state index in [1.54, 1.807) is 0 Å². The molecule has 1 rings (SSSR count). The summed E-state index contributed by atoms with van der Waals surface area (Å²) >= 11 is 0. The van der Waals surface area contributed by atoms with Crippen molar-refractivity contribution in [3.05, 3.63) is 35.9 Å². The van der Waals surface area contributed by atoms with Crippen molar-refractivity contribution in [2.75, 3.05) is 26.2 Å². The molecule has 0 amide bonds. The molecule has 0 aliphatic heterocycles. The number of aliphatic imine (C=N–C) groups is 1. The van der Waals surface area contributed by atoms with Crippen molar-refractivity contribution in [1.29, 1.82) is 0 Å². The molecule has 1 aromatic rings. The van der Waals surface area contributed by atoms with Gasteiger partial charge in [0.15, 0.2) is 5.96 Å². The van der Waals surface area contributed by atoms with Gasteiger partial charge in [0, 0.05) is 38.3 Å². The largest absolute Gasteiger partial charge is 0.388 e. The average Bonchev–Trinajstić information content (AvgIpc) is 2.58. The SMILES string of the molecule is CCNC(=NCCC(O)c1ccccc1)NCCN(C(C)C)C(C)C.I. The van der Waals surface area contributed by atoms with Crippen molar-refractivity contribution >= 4 is 29.9 Å². The molecule has 150 valence electrons. The lowest BCUT2D eigenvalue weighted by Crippen LogP contribution is -2.45. The fourth-order valence-corrected chi connectivity index (χ4v) is 2.90. The van der Waals surface area contributed by atoms with E-state index in [0.29, 0.717) is 25.0 Å². The van der Waals surface area contributed by atoms with E-state index in [-0.39, 0.29) is 24.0 Å². The summed E-state index contributed by atoms with van der Waals surface area (Å²) in [7, 11) is 0.